The van der Waals surface area contributed by atoms with Crippen molar-refractivity contribution in [3.05, 3.63) is 130 Å². The fourth-order valence-electron chi connectivity index (χ4n) is 4.68. The summed E-state index contributed by atoms with van der Waals surface area (Å²) in [7, 11) is -4.19. The predicted octanol–water partition coefficient (Wildman–Crippen LogP) is 6.85. The van der Waals surface area contributed by atoms with Gasteiger partial charge in [-0.25, -0.2) is 8.42 Å². The molecule has 7 nitrogen and oxygen atoms in total. The molecule has 0 heterocycles. The van der Waals surface area contributed by atoms with Gasteiger partial charge in [-0.1, -0.05) is 95.1 Å². The summed E-state index contributed by atoms with van der Waals surface area (Å²) >= 11 is 9.54. The van der Waals surface area contributed by atoms with E-state index >= 15 is 0 Å². The van der Waals surface area contributed by atoms with Crippen LogP contribution in [0.2, 0.25) is 5.02 Å². The molecule has 0 spiro atoms. The van der Waals surface area contributed by atoms with Gasteiger partial charge in [0.2, 0.25) is 11.8 Å². The van der Waals surface area contributed by atoms with Gasteiger partial charge in [0, 0.05) is 28.5 Å². The number of carbonyl (C=O) groups excluding carboxylic acids is 2. The Kier molecular flexibility index (Phi) is 11.6. The van der Waals surface area contributed by atoms with Gasteiger partial charge in [-0.3, -0.25) is 13.9 Å². The van der Waals surface area contributed by atoms with E-state index in [1.807, 2.05) is 68.4 Å². The molecule has 4 aromatic rings. The van der Waals surface area contributed by atoms with Crippen molar-refractivity contribution in [1.29, 1.82) is 0 Å². The second-order valence-electron chi connectivity index (χ2n) is 10.5. The van der Waals surface area contributed by atoms with E-state index in [0.29, 0.717) is 17.1 Å². The molecule has 0 fully saturated rings. The van der Waals surface area contributed by atoms with Crippen molar-refractivity contribution in [1.82, 2.24) is 10.2 Å². The second-order valence-corrected chi connectivity index (χ2v) is 13.7. The zero-order chi connectivity index (χ0) is 31.7. The van der Waals surface area contributed by atoms with Crippen molar-refractivity contribution in [2.45, 2.75) is 50.2 Å². The third kappa shape index (κ3) is 8.71. The molecule has 0 aliphatic heterocycles. The third-order valence-corrected chi connectivity index (χ3v) is 9.77. The van der Waals surface area contributed by atoms with Gasteiger partial charge in [0.25, 0.3) is 10.0 Å². The number of benzene rings is 4. The first-order chi connectivity index (χ1) is 21.1. The van der Waals surface area contributed by atoms with E-state index in [9.17, 15) is 18.0 Å². The number of halogens is 2. The van der Waals surface area contributed by atoms with Gasteiger partial charge in [-0.15, -0.1) is 0 Å². The summed E-state index contributed by atoms with van der Waals surface area (Å²) < 4.78 is 29.9. The van der Waals surface area contributed by atoms with Crippen LogP contribution in [0.4, 0.5) is 5.69 Å². The molecule has 0 saturated carbocycles. The van der Waals surface area contributed by atoms with E-state index in [1.165, 1.54) is 29.2 Å². The topological polar surface area (TPSA) is 86.8 Å². The van der Waals surface area contributed by atoms with Gasteiger partial charge < -0.3 is 10.2 Å². The van der Waals surface area contributed by atoms with Gasteiger partial charge in [0.1, 0.15) is 12.6 Å². The maximum Gasteiger partial charge on any atom is 0.264 e. The predicted molar refractivity (Wildman–Crippen MR) is 179 cm³/mol. The Hall–Kier alpha value is -3.66. The van der Waals surface area contributed by atoms with E-state index in [0.717, 1.165) is 19.9 Å². The van der Waals surface area contributed by atoms with Gasteiger partial charge >= 0.3 is 0 Å². The largest absolute Gasteiger partial charge is 0.352 e. The Bertz CT molecular complexity index is 1660. The minimum absolute atomic E-state index is 0.00700. The smallest absolute Gasteiger partial charge is 0.264 e. The minimum atomic E-state index is -4.19. The summed E-state index contributed by atoms with van der Waals surface area (Å²) in [5, 5.41) is 3.43. The number of nitrogens with zero attached hydrogens (tertiary/aromatic N) is 2. The van der Waals surface area contributed by atoms with Gasteiger partial charge in [0.05, 0.1) is 10.6 Å². The average Bonchev–Trinajstić information content (AvgIpc) is 3.02. The molecule has 2 amide bonds. The summed E-state index contributed by atoms with van der Waals surface area (Å²) in [5.41, 5.74) is 1.98. The standard InChI is InChI=1S/C34H35BrClN3O4S/c1-3-25(2)37-34(41)32(22-26-11-6-4-7-12-26)38(23-27-13-10-14-28(35)21-27)33(40)24-39(30-15-8-5-9-16-30)44(42,43)31-19-17-29(36)18-20-31/h4-21,25,32H,3,22-24H2,1-2H3,(H,37,41). The maximum atomic E-state index is 14.4. The average molecular weight is 697 g/mol. The molecule has 0 aliphatic carbocycles. The minimum Gasteiger partial charge on any atom is -0.352 e. The number of nitrogens with one attached hydrogen (secondary N) is 1. The molecule has 0 aliphatic rings. The van der Waals surface area contributed by atoms with E-state index in [1.54, 1.807) is 30.3 Å². The molecule has 2 unspecified atom stereocenters. The number of amides is 2. The Balaban J connectivity index is 1.79. The Morgan fingerprint density at radius 3 is 2.09 bits per heavy atom. The molecule has 4 rings (SSSR count). The highest BCUT2D eigenvalue weighted by molar-refractivity contribution is 9.10. The fourth-order valence-corrected chi connectivity index (χ4v) is 6.67. The van der Waals surface area contributed by atoms with Crippen LogP contribution in [0.5, 0.6) is 0 Å². The van der Waals surface area contributed by atoms with Crippen LogP contribution in [0, 0.1) is 0 Å². The number of anilines is 1. The van der Waals surface area contributed by atoms with E-state index in [-0.39, 0.29) is 29.8 Å². The van der Waals surface area contributed by atoms with Gasteiger partial charge in [-0.05, 0) is 73.0 Å². The molecule has 10 heteroatoms. The lowest BCUT2D eigenvalue weighted by Crippen LogP contribution is -2.54. The first-order valence-corrected chi connectivity index (χ1v) is 16.9. The normalized spacial score (nSPS) is 12.6. The number of carbonyl (C=O) groups is 2. The van der Waals surface area contributed by atoms with Gasteiger partial charge in [-0.2, -0.15) is 0 Å². The van der Waals surface area contributed by atoms with Crippen LogP contribution in [0.3, 0.4) is 0 Å². The van der Waals surface area contributed by atoms with Crippen LogP contribution in [0.15, 0.2) is 119 Å². The second kappa shape index (κ2) is 15.4. The lowest BCUT2D eigenvalue weighted by Gasteiger charge is -2.34. The first-order valence-electron chi connectivity index (χ1n) is 14.3. The van der Waals surface area contributed by atoms with Crippen LogP contribution >= 0.6 is 27.5 Å². The number of rotatable bonds is 13. The van der Waals surface area contributed by atoms with E-state index in [4.69, 9.17) is 11.6 Å². The molecule has 44 heavy (non-hydrogen) atoms. The number of hydrogen-bond donors (Lipinski definition) is 1. The molecule has 0 radical (unpaired) electrons. The highest BCUT2D eigenvalue weighted by atomic mass is 79.9. The van der Waals surface area contributed by atoms with Crippen molar-refractivity contribution in [2.75, 3.05) is 10.8 Å². The van der Waals surface area contributed by atoms with Gasteiger partial charge in [0.15, 0.2) is 0 Å². The number of para-hydroxylation sites is 1. The van der Waals surface area contributed by atoms with E-state index in [2.05, 4.69) is 21.2 Å². The first kappa shape index (κ1) is 33.2. The summed E-state index contributed by atoms with van der Waals surface area (Å²) in [4.78, 5) is 29.8. The SMILES string of the molecule is CCC(C)NC(=O)C(Cc1ccccc1)N(Cc1cccc(Br)c1)C(=O)CN(c1ccccc1)S(=O)(=O)c1ccc(Cl)cc1. The summed E-state index contributed by atoms with van der Waals surface area (Å²) in [6, 6.07) is 30.2. The van der Waals surface area contributed by atoms with Crippen LogP contribution in [0.1, 0.15) is 31.4 Å². The number of sulfonamides is 1. The van der Waals surface area contributed by atoms with Crippen molar-refractivity contribution in [3.63, 3.8) is 0 Å². The highest BCUT2D eigenvalue weighted by Crippen LogP contribution is 2.26. The molecule has 1 N–H and O–H groups in total. The summed E-state index contributed by atoms with van der Waals surface area (Å²) in [6.45, 7) is 3.45. The molecule has 0 bridgehead atoms. The summed E-state index contributed by atoms with van der Waals surface area (Å²) in [5.74, 6) is -0.829. The Morgan fingerprint density at radius 2 is 1.48 bits per heavy atom. The Morgan fingerprint density at radius 1 is 0.864 bits per heavy atom. The quantitative estimate of drug-likeness (QED) is 0.166. The molecule has 0 saturated heterocycles. The fraction of sp³-hybridized carbons (Fsp3) is 0.235. The highest BCUT2D eigenvalue weighted by Gasteiger charge is 2.35. The zero-order valence-corrected chi connectivity index (χ0v) is 27.7. The van der Waals surface area contributed by atoms with Crippen molar-refractivity contribution in [3.8, 4) is 0 Å². The number of hydrogen-bond acceptors (Lipinski definition) is 4. The lowest BCUT2D eigenvalue weighted by molar-refractivity contribution is -0.140. The van der Waals surface area contributed by atoms with Crippen LogP contribution < -0.4 is 9.62 Å². The van der Waals surface area contributed by atoms with E-state index < -0.39 is 28.5 Å². The lowest BCUT2D eigenvalue weighted by atomic mass is 10.0. The third-order valence-electron chi connectivity index (χ3n) is 7.24. The summed E-state index contributed by atoms with van der Waals surface area (Å²) in [6.07, 6.45) is 0.961. The monoisotopic (exact) mass is 695 g/mol. The zero-order valence-electron chi connectivity index (χ0n) is 24.6. The van der Waals surface area contributed by atoms with Crippen LogP contribution in [0.25, 0.3) is 0 Å². The van der Waals surface area contributed by atoms with Crippen molar-refractivity contribution in [2.24, 2.45) is 0 Å². The molecule has 0 aromatic heterocycles. The Labute approximate surface area is 273 Å². The molecule has 2 atom stereocenters. The molecular formula is C34H35BrClN3O4S. The van der Waals surface area contributed by atoms with Crippen molar-refractivity contribution < 1.29 is 18.0 Å². The van der Waals surface area contributed by atoms with Crippen LogP contribution in [-0.2, 0) is 32.6 Å². The molecular weight excluding hydrogens is 662 g/mol. The van der Waals surface area contributed by atoms with Crippen LogP contribution in [-0.4, -0.2) is 43.8 Å². The molecule has 230 valence electrons. The molecule has 4 aromatic carbocycles. The maximum absolute atomic E-state index is 14.4. The van der Waals surface area contributed by atoms with Crippen molar-refractivity contribution >= 4 is 55.1 Å².